The van der Waals surface area contributed by atoms with E-state index < -0.39 is 0 Å². The fourth-order valence-electron chi connectivity index (χ4n) is 1.25. The maximum atomic E-state index is 11.0. The Morgan fingerprint density at radius 3 is 2.56 bits per heavy atom. The Hall–Kier alpha value is -1.65. The largest absolute Gasteiger partial charge is 0.373 e. The Morgan fingerprint density at radius 1 is 1.38 bits per heavy atom. The SMILES string of the molecule is C=CCOCc1ccc(CC(=O)NN)cc1. The van der Waals surface area contributed by atoms with Crippen molar-refractivity contribution in [2.75, 3.05) is 6.61 Å². The number of nitrogens with two attached hydrogens (primary N) is 1. The molecule has 0 aliphatic heterocycles. The first kappa shape index (κ1) is 12.4. The van der Waals surface area contributed by atoms with Crippen molar-refractivity contribution in [3.63, 3.8) is 0 Å². The third kappa shape index (κ3) is 4.25. The van der Waals surface area contributed by atoms with Crippen LogP contribution in [0.4, 0.5) is 0 Å². The molecule has 0 aliphatic rings. The molecule has 16 heavy (non-hydrogen) atoms. The molecule has 0 spiro atoms. The molecule has 4 heteroatoms. The van der Waals surface area contributed by atoms with E-state index in [0.29, 0.717) is 19.6 Å². The van der Waals surface area contributed by atoms with Crippen LogP contribution < -0.4 is 11.3 Å². The Balaban J connectivity index is 2.47. The van der Waals surface area contributed by atoms with Crippen LogP contribution in [0.5, 0.6) is 0 Å². The summed E-state index contributed by atoms with van der Waals surface area (Å²) < 4.78 is 5.29. The molecular formula is C12H16N2O2. The summed E-state index contributed by atoms with van der Waals surface area (Å²) in [4.78, 5) is 11.0. The summed E-state index contributed by atoms with van der Waals surface area (Å²) in [5, 5.41) is 0. The van der Waals surface area contributed by atoms with Crippen molar-refractivity contribution in [3.8, 4) is 0 Å². The molecule has 0 fully saturated rings. The van der Waals surface area contributed by atoms with Gasteiger partial charge in [-0.25, -0.2) is 5.84 Å². The van der Waals surface area contributed by atoms with Gasteiger partial charge >= 0.3 is 0 Å². The minimum absolute atomic E-state index is 0.198. The van der Waals surface area contributed by atoms with E-state index in [9.17, 15) is 4.79 Å². The first-order chi connectivity index (χ1) is 7.76. The van der Waals surface area contributed by atoms with Gasteiger partial charge in [-0.3, -0.25) is 10.2 Å². The number of amides is 1. The van der Waals surface area contributed by atoms with Crippen LogP contribution in [0.2, 0.25) is 0 Å². The molecule has 0 saturated heterocycles. The first-order valence-electron chi connectivity index (χ1n) is 5.02. The predicted molar refractivity (Wildman–Crippen MR) is 62.3 cm³/mol. The number of nitrogens with one attached hydrogen (secondary N) is 1. The van der Waals surface area contributed by atoms with Crippen LogP contribution >= 0.6 is 0 Å². The lowest BCUT2D eigenvalue weighted by Crippen LogP contribution is -2.31. The van der Waals surface area contributed by atoms with Crippen LogP contribution in [-0.4, -0.2) is 12.5 Å². The molecule has 1 aromatic rings. The van der Waals surface area contributed by atoms with Crippen molar-refractivity contribution in [1.29, 1.82) is 0 Å². The lowest BCUT2D eigenvalue weighted by atomic mass is 10.1. The molecule has 0 aliphatic carbocycles. The van der Waals surface area contributed by atoms with E-state index in [4.69, 9.17) is 10.6 Å². The van der Waals surface area contributed by atoms with Gasteiger partial charge in [0.1, 0.15) is 0 Å². The van der Waals surface area contributed by atoms with Gasteiger partial charge in [0.15, 0.2) is 0 Å². The summed E-state index contributed by atoms with van der Waals surface area (Å²) in [5.74, 6) is 4.80. The molecule has 0 atom stereocenters. The molecule has 1 amide bonds. The zero-order chi connectivity index (χ0) is 11.8. The second-order valence-electron chi connectivity index (χ2n) is 3.36. The molecule has 0 radical (unpaired) electrons. The smallest absolute Gasteiger partial charge is 0.238 e. The van der Waals surface area contributed by atoms with Crippen molar-refractivity contribution in [2.45, 2.75) is 13.0 Å². The molecule has 0 bridgehead atoms. The summed E-state index contributed by atoms with van der Waals surface area (Å²) in [6.07, 6.45) is 2.00. The molecule has 0 heterocycles. The number of hydrogen-bond donors (Lipinski definition) is 2. The van der Waals surface area contributed by atoms with E-state index >= 15 is 0 Å². The number of hydrogen-bond acceptors (Lipinski definition) is 3. The zero-order valence-corrected chi connectivity index (χ0v) is 9.11. The maximum Gasteiger partial charge on any atom is 0.238 e. The Kier molecular flexibility index (Phi) is 5.25. The van der Waals surface area contributed by atoms with Gasteiger partial charge in [-0.05, 0) is 11.1 Å². The maximum absolute atomic E-state index is 11.0. The van der Waals surface area contributed by atoms with E-state index in [-0.39, 0.29) is 5.91 Å². The topological polar surface area (TPSA) is 64.3 Å². The van der Waals surface area contributed by atoms with E-state index in [1.165, 1.54) is 0 Å². The van der Waals surface area contributed by atoms with Crippen LogP contribution in [-0.2, 0) is 22.6 Å². The van der Waals surface area contributed by atoms with Crippen LogP contribution in [0.15, 0.2) is 36.9 Å². The minimum Gasteiger partial charge on any atom is -0.373 e. The quantitative estimate of drug-likeness (QED) is 0.246. The van der Waals surface area contributed by atoms with Crippen LogP contribution in [0.3, 0.4) is 0 Å². The second-order valence-corrected chi connectivity index (χ2v) is 3.36. The van der Waals surface area contributed by atoms with Crippen LogP contribution in [0.25, 0.3) is 0 Å². The van der Waals surface area contributed by atoms with Gasteiger partial charge in [-0.2, -0.15) is 0 Å². The Labute approximate surface area is 95.1 Å². The van der Waals surface area contributed by atoms with Gasteiger partial charge in [-0.15, -0.1) is 6.58 Å². The van der Waals surface area contributed by atoms with E-state index in [1.807, 2.05) is 24.3 Å². The molecule has 3 N–H and O–H groups in total. The van der Waals surface area contributed by atoms with Crippen molar-refractivity contribution in [3.05, 3.63) is 48.0 Å². The van der Waals surface area contributed by atoms with Gasteiger partial charge in [-0.1, -0.05) is 30.3 Å². The third-order valence-electron chi connectivity index (χ3n) is 2.05. The molecule has 1 rings (SSSR count). The fraction of sp³-hybridized carbons (Fsp3) is 0.250. The van der Waals surface area contributed by atoms with E-state index in [2.05, 4.69) is 12.0 Å². The molecule has 86 valence electrons. The average molecular weight is 220 g/mol. The third-order valence-corrected chi connectivity index (χ3v) is 2.05. The highest BCUT2D eigenvalue weighted by Gasteiger charge is 2.00. The number of hydrazine groups is 1. The fourth-order valence-corrected chi connectivity index (χ4v) is 1.25. The second kappa shape index (κ2) is 6.76. The standard InChI is InChI=1S/C12H16N2O2/c1-2-7-16-9-11-5-3-10(4-6-11)8-12(15)14-13/h2-6H,1,7-9,13H2,(H,14,15). The summed E-state index contributed by atoms with van der Waals surface area (Å²) in [7, 11) is 0. The first-order valence-corrected chi connectivity index (χ1v) is 5.02. The van der Waals surface area contributed by atoms with Crippen molar-refractivity contribution in [1.82, 2.24) is 5.43 Å². The summed E-state index contributed by atoms with van der Waals surface area (Å²) in [6.45, 7) is 4.66. The average Bonchev–Trinajstić information content (AvgIpc) is 2.31. The molecular weight excluding hydrogens is 204 g/mol. The van der Waals surface area contributed by atoms with Gasteiger partial charge in [0.05, 0.1) is 19.6 Å². The summed E-state index contributed by atoms with van der Waals surface area (Å²) in [6, 6.07) is 7.65. The van der Waals surface area contributed by atoms with Crippen LogP contribution in [0.1, 0.15) is 11.1 Å². The lowest BCUT2D eigenvalue weighted by Gasteiger charge is -2.04. The number of ether oxygens (including phenoxy) is 1. The lowest BCUT2D eigenvalue weighted by molar-refractivity contribution is -0.120. The number of benzene rings is 1. The predicted octanol–water partition coefficient (Wildman–Crippen LogP) is 0.922. The monoisotopic (exact) mass is 220 g/mol. The van der Waals surface area contributed by atoms with E-state index in [0.717, 1.165) is 11.1 Å². The van der Waals surface area contributed by atoms with Gasteiger partial charge in [0, 0.05) is 0 Å². The number of rotatable bonds is 6. The summed E-state index contributed by atoms with van der Waals surface area (Å²) in [5.41, 5.74) is 4.09. The van der Waals surface area contributed by atoms with Crippen molar-refractivity contribution < 1.29 is 9.53 Å². The van der Waals surface area contributed by atoms with Gasteiger partial charge in [0.2, 0.25) is 5.91 Å². The van der Waals surface area contributed by atoms with Gasteiger partial charge < -0.3 is 4.74 Å². The highest BCUT2D eigenvalue weighted by atomic mass is 16.5. The van der Waals surface area contributed by atoms with Crippen LogP contribution in [0, 0.1) is 0 Å². The molecule has 0 unspecified atom stereocenters. The molecule has 4 nitrogen and oxygen atoms in total. The van der Waals surface area contributed by atoms with Gasteiger partial charge in [0.25, 0.3) is 0 Å². The molecule has 1 aromatic carbocycles. The summed E-state index contributed by atoms with van der Waals surface area (Å²) >= 11 is 0. The molecule has 0 aromatic heterocycles. The zero-order valence-electron chi connectivity index (χ0n) is 9.11. The number of carbonyl (C=O) groups excluding carboxylic acids is 1. The van der Waals surface area contributed by atoms with Crippen molar-refractivity contribution >= 4 is 5.91 Å². The van der Waals surface area contributed by atoms with E-state index in [1.54, 1.807) is 6.08 Å². The highest BCUT2D eigenvalue weighted by Crippen LogP contribution is 2.06. The normalized spacial score (nSPS) is 9.81. The number of carbonyl (C=O) groups is 1. The van der Waals surface area contributed by atoms with Crippen molar-refractivity contribution in [2.24, 2.45) is 5.84 Å². The Morgan fingerprint density at radius 2 is 2.00 bits per heavy atom. The highest BCUT2D eigenvalue weighted by molar-refractivity contribution is 5.77. The minimum atomic E-state index is -0.198. The Bertz CT molecular complexity index is 347. The molecule has 0 saturated carbocycles.